The molecule has 0 aliphatic carbocycles. The molecule has 0 saturated heterocycles. The van der Waals surface area contributed by atoms with Crippen molar-refractivity contribution in [1.29, 1.82) is 0 Å². The number of benzene rings is 1. The number of halogens is 1. The van der Waals surface area contributed by atoms with Gasteiger partial charge < -0.3 is 15.9 Å². The van der Waals surface area contributed by atoms with Gasteiger partial charge in [-0.15, -0.1) is 0 Å². The van der Waals surface area contributed by atoms with E-state index in [1.165, 1.54) is 12.1 Å². The minimum atomic E-state index is -0.820. The van der Waals surface area contributed by atoms with Crippen LogP contribution in [-0.4, -0.2) is 16.3 Å². The SMILES string of the molecule is CC(C)(C)[C@@H](N)C[C@H](O)c1ccc(O)c(F)c1. The maximum Gasteiger partial charge on any atom is 0.165 e. The van der Waals surface area contributed by atoms with Crippen LogP contribution < -0.4 is 5.73 Å². The van der Waals surface area contributed by atoms with Crippen LogP contribution in [0.4, 0.5) is 4.39 Å². The molecule has 17 heavy (non-hydrogen) atoms. The van der Waals surface area contributed by atoms with Gasteiger partial charge in [-0.2, -0.15) is 0 Å². The molecule has 0 unspecified atom stereocenters. The molecule has 0 radical (unpaired) electrons. The van der Waals surface area contributed by atoms with Crippen molar-refractivity contribution in [3.63, 3.8) is 0 Å². The first-order valence-corrected chi connectivity index (χ1v) is 5.64. The molecule has 4 N–H and O–H groups in total. The summed E-state index contributed by atoms with van der Waals surface area (Å²) in [6.45, 7) is 5.96. The number of aliphatic hydroxyl groups excluding tert-OH is 1. The van der Waals surface area contributed by atoms with Crippen LogP contribution in [0.3, 0.4) is 0 Å². The molecule has 2 atom stereocenters. The number of aliphatic hydroxyl groups is 1. The molecule has 0 aromatic heterocycles. The van der Waals surface area contributed by atoms with Crippen LogP contribution in [0.25, 0.3) is 0 Å². The summed E-state index contributed by atoms with van der Waals surface area (Å²) >= 11 is 0. The Morgan fingerprint density at radius 1 is 1.35 bits per heavy atom. The third-order valence-electron chi connectivity index (χ3n) is 2.95. The van der Waals surface area contributed by atoms with Gasteiger partial charge in [-0.25, -0.2) is 4.39 Å². The van der Waals surface area contributed by atoms with Crippen molar-refractivity contribution in [3.8, 4) is 5.75 Å². The quantitative estimate of drug-likeness (QED) is 0.761. The number of rotatable bonds is 3. The van der Waals surface area contributed by atoms with Crippen molar-refractivity contribution >= 4 is 0 Å². The van der Waals surface area contributed by atoms with Gasteiger partial charge in [0.1, 0.15) is 0 Å². The van der Waals surface area contributed by atoms with E-state index >= 15 is 0 Å². The summed E-state index contributed by atoms with van der Waals surface area (Å²) in [5, 5.41) is 19.0. The fourth-order valence-electron chi connectivity index (χ4n) is 1.46. The Balaban J connectivity index is 2.76. The van der Waals surface area contributed by atoms with Gasteiger partial charge in [0.25, 0.3) is 0 Å². The Hall–Kier alpha value is -1.13. The van der Waals surface area contributed by atoms with E-state index in [1.807, 2.05) is 20.8 Å². The molecule has 0 heterocycles. The van der Waals surface area contributed by atoms with E-state index in [4.69, 9.17) is 10.8 Å². The summed E-state index contributed by atoms with van der Waals surface area (Å²) in [4.78, 5) is 0. The molecule has 1 aromatic rings. The molecule has 96 valence electrons. The minimum absolute atomic E-state index is 0.115. The van der Waals surface area contributed by atoms with Gasteiger partial charge in [0.05, 0.1) is 6.10 Å². The highest BCUT2D eigenvalue weighted by atomic mass is 19.1. The number of nitrogens with two attached hydrogens (primary N) is 1. The monoisotopic (exact) mass is 241 g/mol. The maximum atomic E-state index is 13.1. The van der Waals surface area contributed by atoms with Gasteiger partial charge in [-0.05, 0) is 29.5 Å². The van der Waals surface area contributed by atoms with E-state index in [-0.39, 0.29) is 11.5 Å². The first-order chi connectivity index (χ1) is 7.71. The molecule has 3 nitrogen and oxygen atoms in total. The lowest BCUT2D eigenvalue weighted by Gasteiger charge is -2.29. The second kappa shape index (κ2) is 5.02. The van der Waals surface area contributed by atoms with Gasteiger partial charge in [0.2, 0.25) is 0 Å². The highest BCUT2D eigenvalue weighted by Gasteiger charge is 2.24. The van der Waals surface area contributed by atoms with Crippen molar-refractivity contribution in [1.82, 2.24) is 0 Å². The number of hydrogen-bond acceptors (Lipinski definition) is 3. The third-order valence-corrected chi connectivity index (χ3v) is 2.95. The molecule has 0 saturated carbocycles. The Kier molecular flexibility index (Phi) is 4.11. The zero-order chi connectivity index (χ0) is 13.2. The lowest BCUT2D eigenvalue weighted by Crippen LogP contribution is -2.36. The number of hydrogen-bond donors (Lipinski definition) is 3. The highest BCUT2D eigenvalue weighted by molar-refractivity contribution is 5.29. The predicted molar refractivity (Wildman–Crippen MR) is 65.1 cm³/mol. The van der Waals surface area contributed by atoms with Gasteiger partial charge in [-0.1, -0.05) is 26.8 Å². The second-order valence-electron chi connectivity index (χ2n) is 5.43. The van der Waals surface area contributed by atoms with Crippen LogP contribution in [0.1, 0.15) is 38.9 Å². The maximum absolute atomic E-state index is 13.1. The Bertz CT molecular complexity index is 387. The third kappa shape index (κ3) is 3.68. The number of phenols is 1. The molecule has 4 heteroatoms. The summed E-state index contributed by atoms with van der Waals surface area (Å²) in [6, 6.07) is 3.68. The normalized spacial score (nSPS) is 15.6. The molecule has 1 rings (SSSR count). The summed E-state index contributed by atoms with van der Waals surface area (Å²) < 4.78 is 13.1. The van der Waals surface area contributed by atoms with Crippen LogP contribution in [0.2, 0.25) is 0 Å². The first-order valence-electron chi connectivity index (χ1n) is 5.64. The summed E-state index contributed by atoms with van der Waals surface area (Å²) in [5.74, 6) is -1.15. The summed E-state index contributed by atoms with van der Waals surface area (Å²) in [6.07, 6.45) is -0.465. The molecule has 1 aromatic carbocycles. The number of phenolic OH excluding ortho intramolecular Hbond substituents is 1. The zero-order valence-corrected chi connectivity index (χ0v) is 10.4. The van der Waals surface area contributed by atoms with E-state index < -0.39 is 17.7 Å². The fraction of sp³-hybridized carbons (Fsp3) is 0.538. The van der Waals surface area contributed by atoms with Crippen LogP contribution in [0.5, 0.6) is 5.75 Å². The van der Waals surface area contributed by atoms with Gasteiger partial charge in [0, 0.05) is 6.04 Å². The predicted octanol–water partition coefficient (Wildman–Crippen LogP) is 2.33. The Labute approximate surface area is 101 Å². The first kappa shape index (κ1) is 13.9. The van der Waals surface area contributed by atoms with E-state index in [2.05, 4.69) is 0 Å². The highest BCUT2D eigenvalue weighted by Crippen LogP contribution is 2.28. The topological polar surface area (TPSA) is 66.5 Å². The van der Waals surface area contributed by atoms with E-state index in [0.29, 0.717) is 12.0 Å². The van der Waals surface area contributed by atoms with Crippen LogP contribution in [0.15, 0.2) is 18.2 Å². The average Bonchev–Trinajstić information content (AvgIpc) is 2.20. The standard InChI is InChI=1S/C13H20FNO2/c1-13(2,3)12(15)7-11(17)8-4-5-10(16)9(14)6-8/h4-6,11-12,16-17H,7,15H2,1-3H3/t11-,12-/m0/s1. The lowest BCUT2D eigenvalue weighted by molar-refractivity contribution is 0.133. The minimum Gasteiger partial charge on any atom is -0.505 e. The molecule has 0 amide bonds. The average molecular weight is 241 g/mol. The summed E-state index contributed by atoms with van der Waals surface area (Å²) in [5.41, 5.74) is 6.27. The number of aromatic hydroxyl groups is 1. The molecule has 0 fully saturated rings. The molecule has 0 aliphatic rings. The second-order valence-corrected chi connectivity index (χ2v) is 5.43. The smallest absolute Gasteiger partial charge is 0.165 e. The van der Waals surface area contributed by atoms with Gasteiger partial charge in [-0.3, -0.25) is 0 Å². The van der Waals surface area contributed by atoms with Crippen molar-refractivity contribution in [3.05, 3.63) is 29.6 Å². The van der Waals surface area contributed by atoms with Crippen molar-refractivity contribution < 1.29 is 14.6 Å². The largest absolute Gasteiger partial charge is 0.505 e. The molecular formula is C13H20FNO2. The summed E-state index contributed by atoms with van der Waals surface area (Å²) in [7, 11) is 0. The fourth-order valence-corrected chi connectivity index (χ4v) is 1.46. The van der Waals surface area contributed by atoms with E-state index in [9.17, 15) is 9.50 Å². The van der Waals surface area contributed by atoms with Crippen LogP contribution in [-0.2, 0) is 0 Å². The van der Waals surface area contributed by atoms with Crippen molar-refractivity contribution in [2.24, 2.45) is 11.1 Å². The zero-order valence-electron chi connectivity index (χ0n) is 10.4. The van der Waals surface area contributed by atoms with E-state index in [0.717, 1.165) is 6.07 Å². The van der Waals surface area contributed by atoms with Gasteiger partial charge >= 0.3 is 0 Å². The van der Waals surface area contributed by atoms with Crippen molar-refractivity contribution in [2.75, 3.05) is 0 Å². The molecule has 0 bridgehead atoms. The van der Waals surface area contributed by atoms with E-state index in [1.54, 1.807) is 0 Å². The van der Waals surface area contributed by atoms with Gasteiger partial charge in [0.15, 0.2) is 11.6 Å². The van der Waals surface area contributed by atoms with Crippen LogP contribution in [0, 0.1) is 11.2 Å². The molecule has 0 spiro atoms. The Morgan fingerprint density at radius 3 is 2.41 bits per heavy atom. The molecule has 0 aliphatic heterocycles. The van der Waals surface area contributed by atoms with Crippen molar-refractivity contribution in [2.45, 2.75) is 39.3 Å². The molecular weight excluding hydrogens is 221 g/mol. The van der Waals surface area contributed by atoms with Crippen LogP contribution >= 0.6 is 0 Å². The Morgan fingerprint density at radius 2 is 1.94 bits per heavy atom. The lowest BCUT2D eigenvalue weighted by atomic mass is 9.83.